The van der Waals surface area contributed by atoms with Crippen molar-refractivity contribution in [1.29, 1.82) is 0 Å². The number of halogens is 5. The van der Waals surface area contributed by atoms with Gasteiger partial charge in [-0.25, -0.2) is 9.48 Å². The number of alkyl halides is 3. The van der Waals surface area contributed by atoms with Gasteiger partial charge in [0.25, 0.3) is 0 Å². The number of carboxylic acid groups (broad SMARTS) is 1. The highest BCUT2D eigenvalue weighted by Gasteiger charge is 2.39. The van der Waals surface area contributed by atoms with Gasteiger partial charge in [0.05, 0.1) is 10.7 Å². The Balaban J connectivity index is 2.58. The molecule has 0 atom stereocenters. The summed E-state index contributed by atoms with van der Waals surface area (Å²) in [6, 6.07) is 4.31. The van der Waals surface area contributed by atoms with Crippen molar-refractivity contribution < 1.29 is 23.1 Å². The van der Waals surface area contributed by atoms with E-state index in [9.17, 15) is 18.0 Å². The number of hydrogen-bond acceptors (Lipinski definition) is 2. The van der Waals surface area contributed by atoms with Crippen LogP contribution in [0.1, 0.15) is 16.1 Å². The average molecular weight is 370 g/mol. The Morgan fingerprint density at radius 3 is 2.50 bits per heavy atom. The molecule has 0 spiro atoms. The van der Waals surface area contributed by atoms with Gasteiger partial charge < -0.3 is 5.11 Å². The lowest BCUT2D eigenvalue weighted by molar-refractivity contribution is -0.141. The predicted molar refractivity (Wildman–Crippen MR) is 68.2 cm³/mol. The molecular weight excluding hydrogens is 364 g/mol. The van der Waals surface area contributed by atoms with E-state index in [1.165, 1.54) is 18.2 Å². The number of rotatable bonds is 2. The number of benzene rings is 1. The van der Waals surface area contributed by atoms with Gasteiger partial charge in [0.15, 0.2) is 5.69 Å². The summed E-state index contributed by atoms with van der Waals surface area (Å²) in [5, 5.41) is 12.5. The lowest BCUT2D eigenvalue weighted by atomic mass is 10.2. The van der Waals surface area contributed by atoms with Crippen molar-refractivity contribution in [3.63, 3.8) is 0 Å². The first-order valence-electron chi connectivity index (χ1n) is 5.05. The fourth-order valence-corrected chi connectivity index (χ4v) is 1.98. The van der Waals surface area contributed by atoms with E-state index in [1.807, 2.05) is 0 Å². The summed E-state index contributed by atoms with van der Waals surface area (Å²) in [7, 11) is 0. The van der Waals surface area contributed by atoms with E-state index in [1.54, 1.807) is 0 Å². The lowest BCUT2D eigenvalue weighted by Crippen LogP contribution is -2.12. The maximum absolute atomic E-state index is 12.7. The summed E-state index contributed by atoms with van der Waals surface area (Å²) >= 11 is 8.90. The summed E-state index contributed by atoms with van der Waals surface area (Å²) in [5.41, 5.74) is -2.11. The predicted octanol–water partition coefficient (Wildman–Crippen LogP) is 4.01. The normalized spacial score (nSPS) is 11.7. The summed E-state index contributed by atoms with van der Waals surface area (Å²) < 4.78 is 39.4. The average Bonchev–Trinajstić information content (AvgIpc) is 2.77. The molecule has 1 N–H and O–H groups in total. The second kappa shape index (κ2) is 5.10. The summed E-state index contributed by atoms with van der Waals surface area (Å²) in [5.74, 6) is -1.70. The van der Waals surface area contributed by atoms with E-state index in [4.69, 9.17) is 16.7 Å². The van der Waals surface area contributed by atoms with Crippen molar-refractivity contribution in [2.24, 2.45) is 0 Å². The van der Waals surface area contributed by atoms with Crippen LogP contribution in [0.15, 0.2) is 28.9 Å². The van der Waals surface area contributed by atoms with Crippen molar-refractivity contribution in [2.45, 2.75) is 6.18 Å². The van der Waals surface area contributed by atoms with Gasteiger partial charge in [-0.05, 0) is 34.1 Å². The van der Waals surface area contributed by atoms with Gasteiger partial charge in [0.1, 0.15) is 5.56 Å². The summed E-state index contributed by atoms with van der Waals surface area (Å²) in [6.45, 7) is 0. The van der Waals surface area contributed by atoms with Crippen molar-refractivity contribution in [3.05, 3.63) is 45.1 Å². The third kappa shape index (κ3) is 2.80. The van der Waals surface area contributed by atoms with Crippen LogP contribution in [-0.2, 0) is 6.18 Å². The monoisotopic (exact) mass is 368 g/mol. The largest absolute Gasteiger partial charge is 0.478 e. The Morgan fingerprint density at radius 1 is 1.40 bits per heavy atom. The molecule has 9 heteroatoms. The highest BCUT2D eigenvalue weighted by Crippen LogP contribution is 2.32. The van der Waals surface area contributed by atoms with Gasteiger partial charge in [-0.3, -0.25) is 0 Å². The van der Waals surface area contributed by atoms with Crippen LogP contribution in [0.4, 0.5) is 13.2 Å². The summed E-state index contributed by atoms with van der Waals surface area (Å²) in [6.07, 6.45) is -4.04. The molecule has 0 unspecified atom stereocenters. The Labute approximate surface area is 123 Å². The van der Waals surface area contributed by atoms with E-state index in [-0.39, 0.29) is 5.69 Å². The van der Waals surface area contributed by atoms with Gasteiger partial charge >= 0.3 is 12.1 Å². The van der Waals surface area contributed by atoms with Gasteiger partial charge in [0, 0.05) is 10.7 Å². The van der Waals surface area contributed by atoms with Crippen molar-refractivity contribution in [2.75, 3.05) is 0 Å². The third-order valence-electron chi connectivity index (χ3n) is 2.38. The van der Waals surface area contributed by atoms with Crippen LogP contribution in [0.5, 0.6) is 0 Å². The van der Waals surface area contributed by atoms with Crippen LogP contribution in [0, 0.1) is 0 Å². The molecule has 0 bridgehead atoms. The molecule has 2 aromatic rings. The number of carboxylic acids is 1. The molecule has 0 radical (unpaired) electrons. The number of nitrogens with zero attached hydrogens (tertiary/aromatic N) is 2. The molecule has 0 aliphatic rings. The maximum Gasteiger partial charge on any atom is 0.436 e. The molecule has 1 heterocycles. The first kappa shape index (κ1) is 14.9. The quantitative estimate of drug-likeness (QED) is 0.870. The number of carbonyl (C=O) groups is 1. The molecule has 4 nitrogen and oxygen atoms in total. The second-order valence-electron chi connectivity index (χ2n) is 3.74. The van der Waals surface area contributed by atoms with Crippen LogP contribution in [0.3, 0.4) is 0 Å². The van der Waals surface area contributed by atoms with Crippen molar-refractivity contribution >= 4 is 33.5 Å². The van der Waals surface area contributed by atoms with Crippen LogP contribution in [0.25, 0.3) is 5.69 Å². The Hall–Kier alpha value is -1.54. The first-order valence-corrected chi connectivity index (χ1v) is 6.23. The zero-order valence-corrected chi connectivity index (χ0v) is 11.8. The molecule has 20 heavy (non-hydrogen) atoms. The number of aromatic carboxylic acids is 1. The molecule has 0 amide bonds. The smallest absolute Gasteiger partial charge is 0.436 e. The standard InChI is InChI=1S/C11H5BrClF3N2O2/c12-7-3-5(1-2-8(7)13)18-4-6(10(19)20)9(17-18)11(14,15)16/h1-4H,(H,19,20). The van der Waals surface area contributed by atoms with E-state index in [2.05, 4.69) is 21.0 Å². The molecule has 1 aromatic heterocycles. The topological polar surface area (TPSA) is 55.1 Å². The Bertz CT molecular complexity index is 685. The molecule has 106 valence electrons. The van der Waals surface area contributed by atoms with E-state index < -0.39 is 23.4 Å². The van der Waals surface area contributed by atoms with Crippen LogP contribution >= 0.6 is 27.5 Å². The highest BCUT2D eigenvalue weighted by molar-refractivity contribution is 9.10. The molecule has 2 rings (SSSR count). The van der Waals surface area contributed by atoms with E-state index in [0.29, 0.717) is 9.50 Å². The van der Waals surface area contributed by atoms with Gasteiger partial charge in [-0.1, -0.05) is 11.6 Å². The minimum absolute atomic E-state index is 0.249. The molecule has 0 fully saturated rings. The third-order valence-corrected chi connectivity index (χ3v) is 3.59. The molecule has 1 aromatic carbocycles. The van der Waals surface area contributed by atoms with Gasteiger partial charge in [-0.15, -0.1) is 0 Å². The second-order valence-corrected chi connectivity index (χ2v) is 5.00. The minimum Gasteiger partial charge on any atom is -0.478 e. The number of aromatic nitrogens is 2. The van der Waals surface area contributed by atoms with Crippen LogP contribution in [0.2, 0.25) is 5.02 Å². The number of hydrogen-bond donors (Lipinski definition) is 1. The van der Waals surface area contributed by atoms with Crippen molar-refractivity contribution in [3.8, 4) is 5.69 Å². The van der Waals surface area contributed by atoms with Crippen molar-refractivity contribution in [1.82, 2.24) is 9.78 Å². The SMILES string of the molecule is O=C(O)c1cn(-c2ccc(Cl)c(Br)c2)nc1C(F)(F)F. The van der Waals surface area contributed by atoms with Crippen LogP contribution in [-0.4, -0.2) is 20.9 Å². The molecule has 0 aliphatic carbocycles. The van der Waals surface area contributed by atoms with Gasteiger partial charge in [-0.2, -0.15) is 18.3 Å². The fourth-order valence-electron chi connectivity index (χ4n) is 1.50. The zero-order chi connectivity index (χ0) is 15.1. The summed E-state index contributed by atoms with van der Waals surface area (Å²) in [4.78, 5) is 10.9. The molecule has 0 saturated heterocycles. The highest BCUT2D eigenvalue weighted by atomic mass is 79.9. The lowest BCUT2D eigenvalue weighted by Gasteiger charge is -2.04. The molecular formula is C11H5BrClF3N2O2. The molecule has 0 aliphatic heterocycles. The first-order chi connectivity index (χ1) is 9.20. The van der Waals surface area contributed by atoms with Gasteiger partial charge in [0.2, 0.25) is 0 Å². The minimum atomic E-state index is -4.84. The van der Waals surface area contributed by atoms with Crippen LogP contribution < -0.4 is 0 Å². The zero-order valence-electron chi connectivity index (χ0n) is 9.45. The Morgan fingerprint density at radius 2 is 2.05 bits per heavy atom. The molecule has 0 saturated carbocycles. The maximum atomic E-state index is 12.7. The van der Waals surface area contributed by atoms with E-state index >= 15 is 0 Å². The fraction of sp³-hybridized carbons (Fsp3) is 0.0909. The Kier molecular flexibility index (Phi) is 3.79. The van der Waals surface area contributed by atoms with E-state index in [0.717, 1.165) is 10.9 Å².